The molecule has 2 fully saturated rings. The molecule has 2 rings (SSSR count). The fourth-order valence-electron chi connectivity index (χ4n) is 3.75. The Morgan fingerprint density at radius 3 is 2.38 bits per heavy atom. The van der Waals surface area contributed by atoms with Crippen LogP contribution in [0.25, 0.3) is 0 Å². The summed E-state index contributed by atoms with van der Waals surface area (Å²) in [5.74, 6) is -1.08. The number of hydrogen-bond donors (Lipinski definition) is 0. The van der Waals surface area contributed by atoms with Gasteiger partial charge in [0.1, 0.15) is 0 Å². The molecular weight excluding hydrogens is 335 g/mol. The van der Waals surface area contributed by atoms with E-state index in [1.54, 1.807) is 21.0 Å². The van der Waals surface area contributed by atoms with Crippen LogP contribution in [-0.2, 0) is 14.3 Å². The quantitative estimate of drug-likeness (QED) is 0.458. The Labute approximate surface area is 187 Å². The topological polar surface area (TPSA) is 72.9 Å². The van der Waals surface area contributed by atoms with E-state index in [9.17, 15) is 14.7 Å². The van der Waals surface area contributed by atoms with Gasteiger partial charge in [-0.3, -0.25) is 4.79 Å². The number of amides is 1. The smallest absolute Gasteiger partial charge is 0.550 e. The molecule has 2 saturated heterocycles. The number of nitrogens with zero attached hydrogens (tertiary/aromatic N) is 2. The standard InChI is InChI=1S/C17H30N2O4.K/c1-17(2,10-16(21)22)9-15(20)19-12-14(23-3)8-13(19)11-18-6-4-5-7-18;/h13-14H,4-12H2,1-3H3,(H,21,22);/q;+1/p-1/t13-,14-;/m1./s1. The molecule has 2 aliphatic rings. The average Bonchev–Trinajstić information content (AvgIpc) is 3.06. The van der Waals surface area contributed by atoms with Crippen molar-refractivity contribution in [1.29, 1.82) is 0 Å². The SMILES string of the molecule is CO[C@@H]1C[C@H](CN2CCCC2)N(C(=O)CC(C)(C)CC(=O)[O-])C1.[K+]. The van der Waals surface area contributed by atoms with Crippen molar-refractivity contribution < 1.29 is 70.8 Å². The summed E-state index contributed by atoms with van der Waals surface area (Å²) in [5.41, 5.74) is -0.584. The molecule has 0 aliphatic carbocycles. The van der Waals surface area contributed by atoms with Crippen LogP contribution in [0.3, 0.4) is 0 Å². The van der Waals surface area contributed by atoms with E-state index >= 15 is 0 Å². The van der Waals surface area contributed by atoms with Gasteiger partial charge in [-0.05, 0) is 44.2 Å². The minimum absolute atomic E-state index is 0. The van der Waals surface area contributed by atoms with Gasteiger partial charge in [-0.1, -0.05) is 13.8 Å². The molecule has 0 N–H and O–H groups in total. The summed E-state index contributed by atoms with van der Waals surface area (Å²) in [6.07, 6.45) is 3.53. The van der Waals surface area contributed by atoms with Gasteiger partial charge in [0, 0.05) is 38.6 Å². The van der Waals surface area contributed by atoms with Crippen LogP contribution in [-0.4, -0.2) is 67.1 Å². The zero-order valence-corrected chi connectivity index (χ0v) is 18.7. The van der Waals surface area contributed by atoms with Crippen LogP contribution in [0, 0.1) is 5.41 Å². The summed E-state index contributed by atoms with van der Waals surface area (Å²) in [6.45, 7) is 7.32. The first-order valence-electron chi connectivity index (χ1n) is 8.55. The van der Waals surface area contributed by atoms with Crippen LogP contribution in [0.15, 0.2) is 0 Å². The van der Waals surface area contributed by atoms with Gasteiger partial charge < -0.3 is 24.4 Å². The zero-order valence-electron chi connectivity index (χ0n) is 15.5. The Balaban J connectivity index is 0.00000288. The van der Waals surface area contributed by atoms with Crippen LogP contribution in [0.5, 0.6) is 0 Å². The number of aliphatic carboxylic acids is 1. The second kappa shape index (κ2) is 9.99. The van der Waals surface area contributed by atoms with E-state index in [2.05, 4.69) is 4.90 Å². The number of carboxylic acids is 1. The Morgan fingerprint density at radius 2 is 1.83 bits per heavy atom. The second-order valence-electron chi connectivity index (χ2n) is 7.69. The van der Waals surface area contributed by atoms with Crippen LogP contribution in [0.2, 0.25) is 0 Å². The van der Waals surface area contributed by atoms with E-state index in [0.29, 0.717) is 6.54 Å². The third-order valence-corrected chi connectivity index (χ3v) is 4.95. The van der Waals surface area contributed by atoms with Gasteiger partial charge in [0.25, 0.3) is 0 Å². The fraction of sp³-hybridized carbons (Fsp3) is 0.882. The van der Waals surface area contributed by atoms with Crippen molar-refractivity contribution in [2.24, 2.45) is 5.41 Å². The summed E-state index contributed by atoms with van der Waals surface area (Å²) >= 11 is 0. The van der Waals surface area contributed by atoms with E-state index in [1.807, 2.05) is 4.90 Å². The minimum Gasteiger partial charge on any atom is -0.550 e. The second-order valence-corrected chi connectivity index (χ2v) is 7.69. The van der Waals surface area contributed by atoms with Crippen LogP contribution in [0.4, 0.5) is 0 Å². The molecule has 0 aromatic carbocycles. The average molecular weight is 365 g/mol. The molecule has 0 bridgehead atoms. The number of ether oxygens (including phenoxy) is 1. The summed E-state index contributed by atoms with van der Waals surface area (Å²) in [6, 6.07) is 0.171. The third-order valence-electron chi connectivity index (χ3n) is 4.95. The number of carbonyl (C=O) groups excluding carboxylic acids is 2. The molecule has 0 spiro atoms. The first-order chi connectivity index (χ1) is 10.8. The maximum absolute atomic E-state index is 12.7. The number of methoxy groups -OCH3 is 1. The predicted octanol–water partition coefficient (Wildman–Crippen LogP) is -2.74. The van der Waals surface area contributed by atoms with Gasteiger partial charge in [-0.15, -0.1) is 0 Å². The molecule has 24 heavy (non-hydrogen) atoms. The largest absolute Gasteiger partial charge is 1.00 e. The molecule has 0 aromatic heterocycles. The molecule has 2 atom stereocenters. The normalized spacial score (nSPS) is 24.9. The van der Waals surface area contributed by atoms with Gasteiger partial charge in [0.2, 0.25) is 5.91 Å². The number of carboxylic acid groups (broad SMARTS) is 1. The number of rotatable bonds is 7. The number of carbonyl (C=O) groups is 2. The molecule has 2 heterocycles. The predicted molar refractivity (Wildman–Crippen MR) is 84.6 cm³/mol. The van der Waals surface area contributed by atoms with Crippen molar-refractivity contribution in [2.45, 2.75) is 58.1 Å². The van der Waals surface area contributed by atoms with Gasteiger partial charge in [-0.25, -0.2) is 0 Å². The molecule has 132 valence electrons. The molecular formula is C17H29KN2O4. The molecule has 6 nitrogen and oxygen atoms in total. The van der Waals surface area contributed by atoms with Crippen LogP contribution in [0.1, 0.15) is 46.0 Å². The molecule has 0 saturated carbocycles. The van der Waals surface area contributed by atoms with Crippen molar-refractivity contribution in [3.05, 3.63) is 0 Å². The van der Waals surface area contributed by atoms with E-state index < -0.39 is 11.4 Å². The first kappa shape index (κ1) is 22.5. The van der Waals surface area contributed by atoms with Crippen molar-refractivity contribution in [1.82, 2.24) is 9.80 Å². The van der Waals surface area contributed by atoms with Crippen molar-refractivity contribution in [2.75, 3.05) is 33.3 Å². The number of hydrogen-bond acceptors (Lipinski definition) is 5. The van der Waals surface area contributed by atoms with Crippen molar-refractivity contribution >= 4 is 11.9 Å². The Bertz CT molecular complexity index is 438. The third kappa shape index (κ3) is 6.66. The van der Waals surface area contributed by atoms with Gasteiger partial charge >= 0.3 is 51.4 Å². The summed E-state index contributed by atoms with van der Waals surface area (Å²) in [4.78, 5) is 27.9. The van der Waals surface area contributed by atoms with Gasteiger partial charge in [0.05, 0.1) is 6.10 Å². The molecule has 7 heteroatoms. The van der Waals surface area contributed by atoms with E-state index in [1.165, 1.54) is 12.8 Å². The zero-order chi connectivity index (χ0) is 17.0. The van der Waals surface area contributed by atoms with Crippen LogP contribution < -0.4 is 56.5 Å². The summed E-state index contributed by atoms with van der Waals surface area (Å²) < 4.78 is 5.46. The number of likely N-dealkylation sites (tertiary alicyclic amines) is 2. The van der Waals surface area contributed by atoms with Crippen molar-refractivity contribution in [3.8, 4) is 0 Å². The molecule has 0 radical (unpaired) electrons. The molecule has 1 amide bonds. The van der Waals surface area contributed by atoms with Crippen LogP contribution >= 0.6 is 0 Å². The van der Waals surface area contributed by atoms with Gasteiger partial charge in [-0.2, -0.15) is 0 Å². The first-order valence-corrected chi connectivity index (χ1v) is 8.55. The minimum atomic E-state index is -1.10. The fourth-order valence-corrected chi connectivity index (χ4v) is 3.75. The maximum atomic E-state index is 12.7. The van der Waals surface area contributed by atoms with Crippen molar-refractivity contribution in [3.63, 3.8) is 0 Å². The van der Waals surface area contributed by atoms with E-state index in [-0.39, 0.29) is 82.3 Å². The Kier molecular flexibility index (Phi) is 9.38. The van der Waals surface area contributed by atoms with E-state index in [0.717, 1.165) is 26.1 Å². The molecule has 2 aliphatic heterocycles. The maximum Gasteiger partial charge on any atom is 1.00 e. The van der Waals surface area contributed by atoms with E-state index in [4.69, 9.17) is 4.74 Å². The summed E-state index contributed by atoms with van der Waals surface area (Å²) in [5, 5.41) is 10.8. The monoisotopic (exact) mass is 364 g/mol. The Hall–Kier alpha value is 0.496. The molecule has 0 unspecified atom stereocenters. The summed E-state index contributed by atoms with van der Waals surface area (Å²) in [7, 11) is 1.69. The molecule has 0 aromatic rings. The van der Waals surface area contributed by atoms with Gasteiger partial charge in [0.15, 0.2) is 0 Å². The Morgan fingerprint density at radius 1 is 1.21 bits per heavy atom.